The van der Waals surface area contributed by atoms with Gasteiger partial charge in [-0.25, -0.2) is 9.97 Å². The predicted octanol–water partition coefficient (Wildman–Crippen LogP) is 7.38. The molecule has 6 heterocycles. The van der Waals surface area contributed by atoms with Crippen LogP contribution in [-0.4, -0.2) is 104 Å². The van der Waals surface area contributed by atoms with Crippen LogP contribution in [0.2, 0.25) is 5.28 Å². The van der Waals surface area contributed by atoms with Gasteiger partial charge >= 0.3 is 0 Å². The Hall–Kier alpha value is -6.27. The van der Waals surface area contributed by atoms with E-state index in [0.29, 0.717) is 29.2 Å². The average molecular weight is 777 g/mol. The zero-order valence-corrected chi connectivity index (χ0v) is 32.6. The number of anilines is 1. The van der Waals surface area contributed by atoms with Gasteiger partial charge in [-0.2, -0.15) is 19.9 Å². The molecule has 0 saturated carbocycles. The lowest BCUT2D eigenvalue weighted by Gasteiger charge is -2.39. The molecular formula is C44H45ClN12. The van der Waals surface area contributed by atoms with Crippen LogP contribution in [0.3, 0.4) is 0 Å². The number of rotatable bonds is 5. The number of aliphatic imine (C=N–C) groups is 2. The van der Waals surface area contributed by atoms with E-state index in [0.717, 1.165) is 86.3 Å². The van der Waals surface area contributed by atoms with E-state index in [1.807, 2.05) is 121 Å². The first-order valence-corrected chi connectivity index (χ1v) is 20.1. The van der Waals surface area contributed by atoms with Crippen LogP contribution >= 0.6 is 11.6 Å². The van der Waals surface area contributed by atoms with Crippen LogP contribution in [0.15, 0.2) is 131 Å². The molecule has 0 unspecified atom stereocenters. The van der Waals surface area contributed by atoms with Crippen molar-refractivity contribution in [2.45, 2.75) is 25.7 Å². The minimum atomic E-state index is 0.202. The van der Waals surface area contributed by atoms with Crippen LogP contribution in [0.5, 0.6) is 0 Å². The monoisotopic (exact) mass is 776 g/mol. The standard InChI is InChI=1S/C22H22N6.C15H10ClN3.C7H13N3/c1-3-9-17(10-4-1)19-24-20(18-11-5-2-6-12-18)26-21(25-19)28-16-8-15-27-14-7-13-23-22(27)28;16-15-18-13(11-7-3-1-4-8-11)17-14(19-15)12-9-5-2-6-10-12;1-3-8-7-9-4-2-6-10(7)5-1/h1-6,9-12H,7-8,13-16H2;1-10H;1-6H2,(H,8,9). The van der Waals surface area contributed by atoms with Gasteiger partial charge in [0, 0.05) is 74.6 Å². The normalized spacial score (nSPS) is 15.9. The van der Waals surface area contributed by atoms with E-state index >= 15 is 0 Å². The Labute approximate surface area is 338 Å². The van der Waals surface area contributed by atoms with Crippen LogP contribution < -0.4 is 10.2 Å². The lowest BCUT2D eigenvalue weighted by molar-refractivity contribution is 0.346. The molecule has 4 aliphatic rings. The summed E-state index contributed by atoms with van der Waals surface area (Å²) in [5.41, 5.74) is 3.82. The van der Waals surface area contributed by atoms with Crippen molar-refractivity contribution in [3.63, 3.8) is 0 Å². The molecule has 1 N–H and O–H groups in total. The molecule has 57 heavy (non-hydrogen) atoms. The van der Waals surface area contributed by atoms with E-state index in [1.54, 1.807) is 0 Å². The second-order valence-electron chi connectivity index (χ2n) is 13.9. The van der Waals surface area contributed by atoms with Gasteiger partial charge in [0.15, 0.2) is 29.3 Å². The molecule has 0 radical (unpaired) electrons. The Bertz CT molecular complexity index is 2160. The van der Waals surface area contributed by atoms with Gasteiger partial charge in [0.1, 0.15) is 0 Å². The minimum absolute atomic E-state index is 0.202. The first-order chi connectivity index (χ1) is 28.2. The molecule has 0 bridgehead atoms. The summed E-state index contributed by atoms with van der Waals surface area (Å²) >= 11 is 5.99. The molecule has 0 spiro atoms. The molecule has 0 amide bonds. The zero-order chi connectivity index (χ0) is 38.7. The fourth-order valence-corrected chi connectivity index (χ4v) is 7.19. The SMILES string of the molecule is C1CN=C2NCCCN2C1.Clc1nc(-c2ccccc2)nc(-c2ccccc2)n1.c1ccc(-c2nc(-c3ccccc3)nc(N3CCCN4CCCN=C43)n2)cc1. The maximum absolute atomic E-state index is 5.99. The number of benzene rings is 4. The smallest absolute Gasteiger partial charge is 0.236 e. The topological polar surface area (TPSA) is 124 Å². The largest absolute Gasteiger partial charge is 0.356 e. The Morgan fingerprint density at radius 3 is 1.39 bits per heavy atom. The molecule has 2 saturated heterocycles. The maximum atomic E-state index is 5.99. The number of nitrogens with one attached hydrogen (secondary N) is 1. The van der Waals surface area contributed by atoms with Gasteiger partial charge in [0.2, 0.25) is 17.2 Å². The van der Waals surface area contributed by atoms with Gasteiger partial charge in [0.25, 0.3) is 0 Å². The van der Waals surface area contributed by atoms with E-state index in [4.69, 9.17) is 31.5 Å². The summed E-state index contributed by atoms with van der Waals surface area (Å²) in [5.74, 6) is 5.37. The third-order valence-electron chi connectivity index (χ3n) is 9.81. The third kappa shape index (κ3) is 9.58. The summed E-state index contributed by atoms with van der Waals surface area (Å²) < 4.78 is 0. The summed E-state index contributed by atoms with van der Waals surface area (Å²) in [6.07, 6.45) is 4.68. The molecular weight excluding hydrogens is 732 g/mol. The number of fused-ring (bicyclic) bond motifs is 2. The van der Waals surface area contributed by atoms with E-state index < -0.39 is 0 Å². The van der Waals surface area contributed by atoms with Crippen molar-refractivity contribution < 1.29 is 0 Å². The number of halogens is 1. The van der Waals surface area contributed by atoms with Crippen molar-refractivity contribution in [2.24, 2.45) is 9.98 Å². The van der Waals surface area contributed by atoms with Gasteiger partial charge in [-0.05, 0) is 37.3 Å². The fourth-order valence-electron chi connectivity index (χ4n) is 7.03. The highest BCUT2D eigenvalue weighted by Gasteiger charge is 2.29. The van der Waals surface area contributed by atoms with Crippen LogP contribution in [0.4, 0.5) is 5.95 Å². The highest BCUT2D eigenvalue weighted by molar-refractivity contribution is 6.28. The minimum Gasteiger partial charge on any atom is -0.356 e. The van der Waals surface area contributed by atoms with Crippen molar-refractivity contribution in [3.8, 4) is 45.6 Å². The molecule has 13 heteroatoms. The molecule has 12 nitrogen and oxygen atoms in total. The third-order valence-corrected chi connectivity index (χ3v) is 9.98. The van der Waals surface area contributed by atoms with Crippen molar-refractivity contribution in [2.75, 3.05) is 57.3 Å². The van der Waals surface area contributed by atoms with Gasteiger partial charge in [0.05, 0.1) is 0 Å². The first kappa shape index (κ1) is 37.6. The van der Waals surface area contributed by atoms with Gasteiger partial charge in [-0.3, -0.25) is 14.9 Å². The Morgan fingerprint density at radius 1 is 0.439 bits per heavy atom. The predicted molar refractivity (Wildman–Crippen MR) is 228 cm³/mol. The average Bonchev–Trinajstić information content (AvgIpc) is 3.30. The summed E-state index contributed by atoms with van der Waals surface area (Å²) in [4.78, 5) is 43.3. The number of hydrogen-bond acceptors (Lipinski definition) is 12. The molecule has 2 aromatic heterocycles. The van der Waals surface area contributed by atoms with Gasteiger partial charge in [-0.1, -0.05) is 121 Å². The molecule has 0 atom stereocenters. The highest BCUT2D eigenvalue weighted by atomic mass is 35.5. The van der Waals surface area contributed by atoms with E-state index in [9.17, 15) is 0 Å². The van der Waals surface area contributed by atoms with Crippen molar-refractivity contribution in [1.29, 1.82) is 0 Å². The molecule has 288 valence electrons. The molecule has 0 aliphatic carbocycles. The quantitative estimate of drug-likeness (QED) is 0.190. The maximum Gasteiger partial charge on any atom is 0.236 e. The Kier molecular flexibility index (Phi) is 12.3. The van der Waals surface area contributed by atoms with Crippen LogP contribution in [-0.2, 0) is 0 Å². The van der Waals surface area contributed by atoms with Gasteiger partial charge < -0.3 is 15.1 Å². The first-order valence-electron chi connectivity index (χ1n) is 19.7. The number of hydrogen-bond donors (Lipinski definition) is 1. The second-order valence-corrected chi connectivity index (χ2v) is 14.2. The molecule has 4 aromatic carbocycles. The van der Waals surface area contributed by atoms with Crippen molar-refractivity contribution >= 4 is 29.5 Å². The number of aromatic nitrogens is 6. The summed E-state index contributed by atoms with van der Waals surface area (Å²) in [5, 5.41) is 3.50. The van der Waals surface area contributed by atoms with Crippen molar-refractivity contribution in [3.05, 3.63) is 127 Å². The van der Waals surface area contributed by atoms with E-state index in [2.05, 4.69) is 40.0 Å². The highest BCUT2D eigenvalue weighted by Crippen LogP contribution is 2.26. The summed E-state index contributed by atoms with van der Waals surface area (Å²) in [7, 11) is 0. The Morgan fingerprint density at radius 2 is 0.877 bits per heavy atom. The molecule has 2 fully saturated rings. The second kappa shape index (κ2) is 18.6. The summed E-state index contributed by atoms with van der Waals surface area (Å²) in [6.45, 7) is 8.37. The van der Waals surface area contributed by atoms with Crippen LogP contribution in [0.25, 0.3) is 45.6 Å². The lowest BCUT2D eigenvalue weighted by atomic mass is 10.2. The van der Waals surface area contributed by atoms with E-state index in [-0.39, 0.29) is 5.28 Å². The molecule has 4 aliphatic heterocycles. The van der Waals surface area contributed by atoms with E-state index in [1.165, 1.54) is 25.9 Å². The summed E-state index contributed by atoms with van der Waals surface area (Å²) in [6, 6.07) is 39.6. The van der Waals surface area contributed by atoms with Gasteiger partial charge in [-0.15, -0.1) is 0 Å². The molecule has 6 aromatic rings. The lowest BCUT2D eigenvalue weighted by Crippen LogP contribution is -2.53. The Balaban J connectivity index is 0.000000134. The number of guanidine groups is 2. The van der Waals surface area contributed by atoms with Crippen LogP contribution in [0.1, 0.15) is 25.7 Å². The van der Waals surface area contributed by atoms with Crippen LogP contribution in [0, 0.1) is 0 Å². The fraction of sp³-hybridized carbons (Fsp3) is 0.273. The molecule has 10 rings (SSSR count). The van der Waals surface area contributed by atoms with Crippen molar-refractivity contribution in [1.82, 2.24) is 45.0 Å². The zero-order valence-electron chi connectivity index (χ0n) is 31.8. The number of nitrogens with zero attached hydrogens (tertiary/aromatic N) is 11.